The van der Waals surface area contributed by atoms with Gasteiger partial charge in [0, 0.05) is 12.1 Å². The minimum absolute atomic E-state index is 0.319. The lowest BCUT2D eigenvalue weighted by Crippen LogP contribution is -2.05. The predicted molar refractivity (Wildman–Crippen MR) is 58.1 cm³/mol. The Morgan fingerprint density at radius 1 is 1.19 bits per heavy atom. The highest BCUT2D eigenvalue weighted by molar-refractivity contribution is 5.77. The molecule has 5 nitrogen and oxygen atoms in total. The summed E-state index contributed by atoms with van der Waals surface area (Å²) in [6.07, 6.45) is 0. The Bertz CT molecular complexity index is 588. The van der Waals surface area contributed by atoms with Gasteiger partial charge in [0.15, 0.2) is 17.1 Å². The first-order valence-electron chi connectivity index (χ1n) is 4.69. The van der Waals surface area contributed by atoms with Crippen LogP contribution in [0.4, 0.5) is 0 Å². The van der Waals surface area contributed by atoms with Gasteiger partial charge >= 0.3 is 5.63 Å². The molecule has 1 aromatic carbocycles. The zero-order valence-corrected chi connectivity index (χ0v) is 9.23. The van der Waals surface area contributed by atoms with E-state index < -0.39 is 5.63 Å². The fourth-order valence-corrected chi connectivity index (χ4v) is 1.42. The molecule has 1 heterocycles. The molecule has 5 heteroatoms. The lowest BCUT2D eigenvalue weighted by atomic mass is 10.2. The van der Waals surface area contributed by atoms with Crippen LogP contribution in [0.2, 0.25) is 0 Å². The molecule has 0 aliphatic heterocycles. The fraction of sp³-hybridized carbons (Fsp3) is 0.273. The Labute approximate surface area is 91.6 Å². The number of hydrogen-bond donors (Lipinski definition) is 0. The van der Waals surface area contributed by atoms with Crippen LogP contribution in [-0.2, 0) is 0 Å². The normalized spacial score (nSPS) is 10.4. The highest BCUT2D eigenvalue weighted by Gasteiger charge is 2.10. The second-order valence-corrected chi connectivity index (χ2v) is 3.26. The van der Waals surface area contributed by atoms with Gasteiger partial charge in [-0.3, -0.25) is 0 Å². The van der Waals surface area contributed by atoms with Crippen LogP contribution in [-0.4, -0.2) is 19.2 Å². The highest BCUT2D eigenvalue weighted by Crippen LogP contribution is 2.30. The molecule has 0 amide bonds. The van der Waals surface area contributed by atoms with Gasteiger partial charge in [0.2, 0.25) is 0 Å². The van der Waals surface area contributed by atoms with Crippen molar-refractivity contribution in [2.45, 2.75) is 6.92 Å². The summed E-state index contributed by atoms with van der Waals surface area (Å²) in [6, 6.07) is 3.26. The van der Waals surface area contributed by atoms with Crippen molar-refractivity contribution < 1.29 is 13.9 Å². The summed E-state index contributed by atoms with van der Waals surface area (Å²) in [5, 5.41) is 0. The van der Waals surface area contributed by atoms with Crippen molar-refractivity contribution in [3.05, 3.63) is 28.2 Å². The minimum atomic E-state index is -0.445. The van der Waals surface area contributed by atoms with Gasteiger partial charge < -0.3 is 13.9 Å². The molecule has 0 N–H and O–H groups in total. The third kappa shape index (κ3) is 1.60. The Hall–Kier alpha value is -2.04. The van der Waals surface area contributed by atoms with Crippen LogP contribution in [0, 0.1) is 6.92 Å². The van der Waals surface area contributed by atoms with Gasteiger partial charge in [-0.2, -0.15) is 0 Å². The van der Waals surface area contributed by atoms with Crippen molar-refractivity contribution in [3.8, 4) is 11.5 Å². The van der Waals surface area contributed by atoms with E-state index in [-0.39, 0.29) is 0 Å². The molecule has 0 spiro atoms. The summed E-state index contributed by atoms with van der Waals surface area (Å²) in [7, 11) is 3.05. The number of aryl methyl sites for hydroxylation is 1. The molecular formula is C11H11NO4. The zero-order valence-electron chi connectivity index (χ0n) is 9.23. The van der Waals surface area contributed by atoms with Crippen molar-refractivity contribution in [1.82, 2.24) is 4.98 Å². The number of fused-ring (bicyclic) bond motifs is 1. The van der Waals surface area contributed by atoms with Crippen LogP contribution in [0.1, 0.15) is 5.69 Å². The topological polar surface area (TPSA) is 61.6 Å². The maximum atomic E-state index is 11.3. The van der Waals surface area contributed by atoms with Crippen molar-refractivity contribution in [3.63, 3.8) is 0 Å². The van der Waals surface area contributed by atoms with Gasteiger partial charge in [-0.25, -0.2) is 9.78 Å². The summed E-state index contributed by atoms with van der Waals surface area (Å²) < 4.78 is 15.3. The zero-order chi connectivity index (χ0) is 11.7. The molecule has 0 unspecified atom stereocenters. The van der Waals surface area contributed by atoms with E-state index in [4.69, 9.17) is 13.9 Å². The van der Waals surface area contributed by atoms with E-state index in [9.17, 15) is 4.79 Å². The van der Waals surface area contributed by atoms with Crippen molar-refractivity contribution in [2.75, 3.05) is 14.2 Å². The summed E-state index contributed by atoms with van der Waals surface area (Å²) in [5.74, 6) is 1.06. The van der Waals surface area contributed by atoms with Gasteiger partial charge in [0.25, 0.3) is 0 Å². The molecule has 0 saturated heterocycles. The van der Waals surface area contributed by atoms with Gasteiger partial charge in [0.1, 0.15) is 11.2 Å². The van der Waals surface area contributed by atoms with E-state index in [0.29, 0.717) is 28.3 Å². The summed E-state index contributed by atoms with van der Waals surface area (Å²) in [5.41, 5.74) is 0.822. The Balaban J connectivity index is 2.78. The van der Waals surface area contributed by atoms with Crippen molar-refractivity contribution >= 4 is 11.1 Å². The van der Waals surface area contributed by atoms with Crippen LogP contribution < -0.4 is 15.1 Å². The monoisotopic (exact) mass is 221 g/mol. The highest BCUT2D eigenvalue weighted by atomic mass is 16.5. The van der Waals surface area contributed by atoms with Crippen LogP contribution in [0.15, 0.2) is 21.3 Å². The quantitative estimate of drug-likeness (QED) is 0.769. The van der Waals surface area contributed by atoms with Crippen molar-refractivity contribution in [2.24, 2.45) is 0 Å². The van der Waals surface area contributed by atoms with E-state index in [1.54, 1.807) is 19.1 Å². The molecule has 1 aromatic heterocycles. The third-order valence-electron chi connectivity index (χ3n) is 2.25. The number of hydrogen-bond acceptors (Lipinski definition) is 5. The summed E-state index contributed by atoms with van der Waals surface area (Å²) in [4.78, 5) is 15.4. The van der Waals surface area contributed by atoms with E-state index in [1.807, 2.05) is 0 Å². The maximum Gasteiger partial charge on any atom is 0.357 e. The molecule has 2 rings (SSSR count). The Morgan fingerprint density at radius 3 is 2.44 bits per heavy atom. The average Bonchev–Trinajstić information content (AvgIpc) is 2.29. The smallest absolute Gasteiger partial charge is 0.357 e. The van der Waals surface area contributed by atoms with Gasteiger partial charge in [-0.15, -0.1) is 0 Å². The molecule has 0 saturated carbocycles. The van der Waals surface area contributed by atoms with Gasteiger partial charge in [-0.1, -0.05) is 0 Å². The van der Waals surface area contributed by atoms with E-state index in [0.717, 1.165) is 0 Å². The first-order chi connectivity index (χ1) is 7.65. The molecule has 0 bridgehead atoms. The van der Waals surface area contributed by atoms with Crippen LogP contribution >= 0.6 is 0 Å². The number of benzene rings is 1. The maximum absolute atomic E-state index is 11.3. The molecule has 0 aliphatic carbocycles. The molecule has 2 aromatic rings. The summed E-state index contributed by atoms with van der Waals surface area (Å²) in [6.45, 7) is 1.60. The third-order valence-corrected chi connectivity index (χ3v) is 2.25. The Kier molecular flexibility index (Phi) is 2.52. The molecule has 0 atom stereocenters. The predicted octanol–water partition coefficient (Wildman–Crippen LogP) is 1.51. The average molecular weight is 221 g/mol. The number of nitrogens with zero attached hydrogens (tertiary/aromatic N) is 1. The number of ether oxygens (including phenoxy) is 2. The van der Waals surface area contributed by atoms with Crippen molar-refractivity contribution in [1.29, 1.82) is 0 Å². The van der Waals surface area contributed by atoms with E-state index in [2.05, 4.69) is 4.98 Å². The van der Waals surface area contributed by atoms with Gasteiger partial charge in [-0.05, 0) is 6.92 Å². The Morgan fingerprint density at radius 2 is 1.81 bits per heavy atom. The second kappa shape index (κ2) is 3.84. The SMILES string of the molecule is COc1cc2nc(C)c(=O)oc2cc1OC. The molecule has 0 aliphatic rings. The first kappa shape index (κ1) is 10.5. The van der Waals surface area contributed by atoms with E-state index >= 15 is 0 Å². The first-order valence-corrected chi connectivity index (χ1v) is 4.69. The van der Waals surface area contributed by atoms with Crippen LogP contribution in [0.25, 0.3) is 11.1 Å². The molecule has 0 fully saturated rings. The number of methoxy groups -OCH3 is 2. The standard InChI is InChI=1S/C11H11NO4/c1-6-11(13)16-8-5-10(15-3)9(14-2)4-7(8)12-6/h4-5H,1-3H3. The fourth-order valence-electron chi connectivity index (χ4n) is 1.42. The lowest BCUT2D eigenvalue weighted by molar-refractivity contribution is 0.354. The van der Waals surface area contributed by atoms with Crippen LogP contribution in [0.5, 0.6) is 11.5 Å². The minimum Gasteiger partial charge on any atom is -0.493 e. The molecule has 0 radical (unpaired) electrons. The lowest BCUT2D eigenvalue weighted by Gasteiger charge is -2.07. The van der Waals surface area contributed by atoms with Crippen LogP contribution in [0.3, 0.4) is 0 Å². The summed E-state index contributed by atoms with van der Waals surface area (Å²) >= 11 is 0. The number of rotatable bonds is 2. The number of aromatic nitrogens is 1. The van der Waals surface area contributed by atoms with E-state index in [1.165, 1.54) is 14.2 Å². The molecule has 84 valence electrons. The largest absolute Gasteiger partial charge is 0.493 e. The second-order valence-electron chi connectivity index (χ2n) is 3.26. The molecular weight excluding hydrogens is 210 g/mol. The van der Waals surface area contributed by atoms with Gasteiger partial charge in [0.05, 0.1) is 14.2 Å². The molecule has 16 heavy (non-hydrogen) atoms.